The Hall–Kier alpha value is -2.58. The minimum absolute atomic E-state index is 0.0209. The van der Waals surface area contributed by atoms with Crippen LogP contribution in [0.4, 0.5) is 0 Å². The van der Waals surface area contributed by atoms with Crippen LogP contribution in [-0.4, -0.2) is 55.6 Å². The predicted molar refractivity (Wildman–Crippen MR) is 76.4 cm³/mol. The summed E-state index contributed by atoms with van der Waals surface area (Å²) >= 11 is 0. The molecule has 0 saturated carbocycles. The zero-order valence-electron chi connectivity index (χ0n) is 12.4. The van der Waals surface area contributed by atoms with Crippen molar-refractivity contribution in [2.24, 2.45) is 0 Å². The fraction of sp³-hybridized carbons (Fsp3) is 0.333. The summed E-state index contributed by atoms with van der Waals surface area (Å²) in [5.41, 5.74) is -3.19. The third-order valence-corrected chi connectivity index (χ3v) is 3.40. The van der Waals surface area contributed by atoms with Gasteiger partial charge in [0.2, 0.25) is 5.60 Å². The SMILES string of the molecule is CC(=O)c1cccc(C[C@@](O)(C(=O)O)[C@H](O)C(=O)O)c1C(C)=O. The highest BCUT2D eigenvalue weighted by Gasteiger charge is 2.48. The fourth-order valence-corrected chi connectivity index (χ4v) is 2.24. The predicted octanol–water partition coefficient (Wildman–Crippen LogP) is -0.105. The van der Waals surface area contributed by atoms with Crippen molar-refractivity contribution in [3.05, 3.63) is 34.9 Å². The quantitative estimate of drug-likeness (QED) is 0.508. The molecule has 0 aliphatic heterocycles. The monoisotopic (exact) mass is 324 g/mol. The number of aliphatic hydroxyl groups is 2. The van der Waals surface area contributed by atoms with Crippen molar-refractivity contribution in [2.45, 2.75) is 32.0 Å². The largest absolute Gasteiger partial charge is 0.479 e. The van der Waals surface area contributed by atoms with Gasteiger partial charge in [-0.1, -0.05) is 18.2 Å². The minimum atomic E-state index is -3.05. The highest BCUT2D eigenvalue weighted by Crippen LogP contribution is 2.24. The molecular weight excluding hydrogens is 308 g/mol. The molecule has 8 heteroatoms. The Balaban J connectivity index is 3.49. The standard InChI is InChI=1S/C15H16O8/c1-7(16)10-5-3-4-9(11(10)8(2)17)6-15(23,14(21)22)12(18)13(19)20/h3-5,12,18,23H,6H2,1-2H3,(H,19,20)(H,21,22)/t12-,15+/m1/s1. The Kier molecular flexibility index (Phi) is 5.36. The van der Waals surface area contributed by atoms with Gasteiger partial charge in [0.05, 0.1) is 0 Å². The first-order chi connectivity index (χ1) is 10.5. The molecular formula is C15H16O8. The smallest absolute Gasteiger partial charge is 0.339 e. The van der Waals surface area contributed by atoms with E-state index in [-0.39, 0.29) is 16.7 Å². The van der Waals surface area contributed by atoms with Gasteiger partial charge in [-0.25, -0.2) is 9.59 Å². The maximum Gasteiger partial charge on any atom is 0.339 e. The summed E-state index contributed by atoms with van der Waals surface area (Å²) in [5, 5.41) is 37.5. The van der Waals surface area contributed by atoms with Crippen LogP contribution in [0.15, 0.2) is 18.2 Å². The maximum absolute atomic E-state index is 11.8. The molecule has 2 atom stereocenters. The van der Waals surface area contributed by atoms with Gasteiger partial charge in [-0.2, -0.15) is 0 Å². The molecule has 124 valence electrons. The van der Waals surface area contributed by atoms with E-state index in [1.165, 1.54) is 25.1 Å². The van der Waals surface area contributed by atoms with E-state index in [0.717, 1.165) is 6.92 Å². The lowest BCUT2D eigenvalue weighted by molar-refractivity contribution is -0.183. The van der Waals surface area contributed by atoms with Crippen molar-refractivity contribution in [3.8, 4) is 0 Å². The van der Waals surface area contributed by atoms with Crippen LogP contribution >= 0.6 is 0 Å². The number of carbonyl (C=O) groups excluding carboxylic acids is 2. The molecule has 1 aromatic rings. The summed E-state index contributed by atoms with van der Waals surface area (Å²) in [7, 11) is 0. The van der Waals surface area contributed by atoms with Crippen LogP contribution in [0, 0.1) is 0 Å². The molecule has 0 radical (unpaired) electrons. The Morgan fingerprint density at radius 3 is 2.04 bits per heavy atom. The summed E-state index contributed by atoms with van der Waals surface area (Å²) in [4.78, 5) is 45.5. The van der Waals surface area contributed by atoms with E-state index in [0.29, 0.717) is 0 Å². The van der Waals surface area contributed by atoms with Crippen molar-refractivity contribution in [3.63, 3.8) is 0 Å². The molecule has 0 aliphatic rings. The van der Waals surface area contributed by atoms with E-state index in [4.69, 9.17) is 10.2 Å². The number of ketones is 2. The molecule has 0 unspecified atom stereocenters. The van der Waals surface area contributed by atoms with Gasteiger partial charge >= 0.3 is 11.9 Å². The summed E-state index contributed by atoms with van der Waals surface area (Å²) < 4.78 is 0. The lowest BCUT2D eigenvalue weighted by Crippen LogP contribution is -2.55. The Morgan fingerprint density at radius 2 is 1.65 bits per heavy atom. The van der Waals surface area contributed by atoms with Crippen LogP contribution in [0.2, 0.25) is 0 Å². The topological polar surface area (TPSA) is 149 Å². The average molecular weight is 324 g/mol. The van der Waals surface area contributed by atoms with Crippen molar-refractivity contribution in [1.29, 1.82) is 0 Å². The summed E-state index contributed by atoms with van der Waals surface area (Å²) in [6.45, 7) is 2.36. The Morgan fingerprint density at radius 1 is 1.09 bits per heavy atom. The zero-order chi connectivity index (χ0) is 17.9. The van der Waals surface area contributed by atoms with Crippen LogP contribution in [0.1, 0.15) is 40.1 Å². The molecule has 0 saturated heterocycles. The van der Waals surface area contributed by atoms with E-state index in [2.05, 4.69) is 0 Å². The number of hydrogen-bond acceptors (Lipinski definition) is 6. The van der Waals surface area contributed by atoms with Crippen LogP contribution in [0.5, 0.6) is 0 Å². The van der Waals surface area contributed by atoms with Gasteiger partial charge in [0.15, 0.2) is 17.7 Å². The minimum Gasteiger partial charge on any atom is -0.479 e. The third kappa shape index (κ3) is 3.61. The second kappa shape index (κ2) is 6.67. The number of benzene rings is 1. The van der Waals surface area contributed by atoms with Gasteiger partial charge in [-0.3, -0.25) is 9.59 Å². The molecule has 0 amide bonds. The Bertz CT molecular complexity index is 678. The molecule has 0 spiro atoms. The Labute approximate surface area is 131 Å². The molecule has 0 bridgehead atoms. The number of carboxylic acids is 2. The van der Waals surface area contributed by atoms with E-state index in [9.17, 15) is 29.4 Å². The van der Waals surface area contributed by atoms with Crippen molar-refractivity contribution in [1.82, 2.24) is 0 Å². The van der Waals surface area contributed by atoms with E-state index in [1.807, 2.05) is 0 Å². The molecule has 0 heterocycles. The third-order valence-electron chi connectivity index (χ3n) is 3.40. The van der Waals surface area contributed by atoms with Gasteiger partial charge in [0.25, 0.3) is 0 Å². The molecule has 0 fully saturated rings. The molecule has 1 rings (SSSR count). The first-order valence-corrected chi connectivity index (χ1v) is 6.52. The number of aliphatic hydroxyl groups excluding tert-OH is 1. The number of hydrogen-bond donors (Lipinski definition) is 4. The van der Waals surface area contributed by atoms with Gasteiger partial charge in [0, 0.05) is 17.5 Å². The number of rotatable bonds is 7. The van der Waals surface area contributed by atoms with Crippen LogP contribution in [0.25, 0.3) is 0 Å². The first-order valence-electron chi connectivity index (χ1n) is 6.52. The molecule has 8 nitrogen and oxygen atoms in total. The van der Waals surface area contributed by atoms with E-state index in [1.54, 1.807) is 0 Å². The van der Waals surface area contributed by atoms with Crippen LogP contribution < -0.4 is 0 Å². The second-order valence-corrected chi connectivity index (χ2v) is 5.10. The van der Waals surface area contributed by atoms with Crippen LogP contribution in [0.3, 0.4) is 0 Å². The number of carboxylic acid groups (broad SMARTS) is 2. The molecule has 0 aliphatic carbocycles. The molecule has 1 aromatic carbocycles. The van der Waals surface area contributed by atoms with Gasteiger partial charge in [-0.05, 0) is 19.4 Å². The molecule has 4 N–H and O–H groups in total. The fourth-order valence-electron chi connectivity index (χ4n) is 2.24. The van der Waals surface area contributed by atoms with Gasteiger partial charge in [-0.15, -0.1) is 0 Å². The van der Waals surface area contributed by atoms with Crippen LogP contribution in [-0.2, 0) is 16.0 Å². The number of Topliss-reactive ketones (excluding diaryl/α,β-unsaturated/α-hetero) is 2. The van der Waals surface area contributed by atoms with E-state index < -0.39 is 41.6 Å². The number of carbonyl (C=O) groups is 4. The highest BCUT2D eigenvalue weighted by molar-refractivity contribution is 6.08. The van der Waals surface area contributed by atoms with E-state index >= 15 is 0 Å². The van der Waals surface area contributed by atoms with Crippen molar-refractivity contribution in [2.75, 3.05) is 0 Å². The average Bonchev–Trinajstić information content (AvgIpc) is 2.45. The first kappa shape index (κ1) is 18.5. The summed E-state index contributed by atoms with van der Waals surface area (Å²) in [6.07, 6.45) is -3.47. The molecule has 0 aromatic heterocycles. The van der Waals surface area contributed by atoms with Crippen molar-refractivity contribution >= 4 is 23.5 Å². The lowest BCUT2D eigenvalue weighted by atomic mass is 9.84. The number of aliphatic carboxylic acids is 2. The highest BCUT2D eigenvalue weighted by atomic mass is 16.4. The maximum atomic E-state index is 11.8. The molecule has 23 heavy (non-hydrogen) atoms. The zero-order valence-corrected chi connectivity index (χ0v) is 12.4. The lowest BCUT2D eigenvalue weighted by Gasteiger charge is -2.27. The summed E-state index contributed by atoms with van der Waals surface area (Å²) in [6, 6.07) is 4.01. The van der Waals surface area contributed by atoms with Gasteiger partial charge in [0.1, 0.15) is 0 Å². The summed E-state index contributed by atoms with van der Waals surface area (Å²) in [5.74, 6) is -4.89. The normalized spacial score (nSPS) is 14.6. The van der Waals surface area contributed by atoms with Gasteiger partial charge < -0.3 is 20.4 Å². The van der Waals surface area contributed by atoms with Crippen molar-refractivity contribution < 1.29 is 39.6 Å². The second-order valence-electron chi connectivity index (χ2n) is 5.10.